The summed E-state index contributed by atoms with van der Waals surface area (Å²) in [5.41, 5.74) is 0.236. The molecule has 1 aromatic rings. The first-order valence-corrected chi connectivity index (χ1v) is 10.5. The van der Waals surface area contributed by atoms with Crippen LogP contribution in [-0.2, 0) is 30.4 Å². The predicted octanol–water partition coefficient (Wildman–Crippen LogP) is 3.19. The van der Waals surface area contributed by atoms with Crippen LogP contribution in [0.25, 0.3) is 0 Å². The minimum absolute atomic E-state index is 0.153. The lowest BCUT2D eigenvalue weighted by Crippen LogP contribution is -2.50. The summed E-state index contributed by atoms with van der Waals surface area (Å²) in [7, 11) is 1.28. The zero-order valence-corrected chi connectivity index (χ0v) is 19.4. The molecule has 0 aliphatic heterocycles. The molecular formula is C23H36N2O6. The van der Waals surface area contributed by atoms with Gasteiger partial charge in [-0.1, -0.05) is 44.2 Å². The van der Waals surface area contributed by atoms with E-state index in [4.69, 9.17) is 14.2 Å². The van der Waals surface area contributed by atoms with Crippen LogP contribution in [0.5, 0.6) is 0 Å². The van der Waals surface area contributed by atoms with Crippen molar-refractivity contribution < 1.29 is 28.6 Å². The van der Waals surface area contributed by atoms with E-state index in [0.29, 0.717) is 6.42 Å². The van der Waals surface area contributed by atoms with E-state index < -0.39 is 35.7 Å². The predicted molar refractivity (Wildman–Crippen MR) is 117 cm³/mol. The molecule has 0 saturated heterocycles. The summed E-state index contributed by atoms with van der Waals surface area (Å²) in [6.45, 7) is 9.66. The van der Waals surface area contributed by atoms with Gasteiger partial charge >= 0.3 is 18.0 Å². The van der Waals surface area contributed by atoms with Crippen LogP contribution in [-0.4, -0.2) is 49.4 Å². The van der Waals surface area contributed by atoms with E-state index in [-0.39, 0.29) is 25.5 Å². The number of amides is 1. The number of rotatable bonds is 11. The number of carbonyl (C=O) groups excluding carboxylic acids is 3. The average Bonchev–Trinajstić information content (AvgIpc) is 2.69. The maximum Gasteiger partial charge on any atom is 0.407 e. The van der Waals surface area contributed by atoms with E-state index in [1.807, 2.05) is 44.2 Å². The van der Waals surface area contributed by atoms with Crippen molar-refractivity contribution in [3.63, 3.8) is 0 Å². The molecule has 1 amide bonds. The number of hydrogen-bond donors (Lipinski definition) is 2. The Hall–Kier alpha value is -2.61. The van der Waals surface area contributed by atoms with Crippen LogP contribution in [0.4, 0.5) is 4.79 Å². The average molecular weight is 437 g/mol. The summed E-state index contributed by atoms with van der Waals surface area (Å²) in [4.78, 5) is 36.8. The molecule has 0 unspecified atom stereocenters. The van der Waals surface area contributed by atoms with Gasteiger partial charge in [-0.15, -0.1) is 0 Å². The monoisotopic (exact) mass is 436 g/mol. The number of nitrogens with one attached hydrogen (secondary N) is 2. The van der Waals surface area contributed by atoms with E-state index in [1.165, 1.54) is 7.11 Å². The zero-order chi connectivity index (χ0) is 23.4. The van der Waals surface area contributed by atoms with Gasteiger partial charge in [0.15, 0.2) is 0 Å². The van der Waals surface area contributed by atoms with Gasteiger partial charge in [-0.25, -0.2) is 4.79 Å². The summed E-state index contributed by atoms with van der Waals surface area (Å²) in [5.74, 6) is -0.739. The highest BCUT2D eigenvalue weighted by atomic mass is 16.6. The fourth-order valence-electron chi connectivity index (χ4n) is 2.82. The molecule has 174 valence electrons. The van der Waals surface area contributed by atoms with E-state index in [2.05, 4.69) is 10.6 Å². The Kier molecular flexibility index (Phi) is 11.0. The number of carbonyl (C=O) groups is 3. The number of ether oxygens (including phenoxy) is 3. The highest BCUT2D eigenvalue weighted by Crippen LogP contribution is 2.14. The molecule has 0 fully saturated rings. The van der Waals surface area contributed by atoms with Crippen molar-refractivity contribution in [3.8, 4) is 0 Å². The second-order valence-corrected chi connectivity index (χ2v) is 8.74. The van der Waals surface area contributed by atoms with Crippen LogP contribution < -0.4 is 10.6 Å². The highest BCUT2D eigenvalue weighted by molar-refractivity contribution is 5.80. The maximum absolute atomic E-state index is 12.6. The lowest BCUT2D eigenvalue weighted by atomic mass is 10.0. The molecule has 8 nitrogen and oxygen atoms in total. The molecule has 2 N–H and O–H groups in total. The third-order valence-corrected chi connectivity index (χ3v) is 4.20. The molecule has 0 saturated carbocycles. The Morgan fingerprint density at radius 1 is 1.00 bits per heavy atom. The van der Waals surface area contributed by atoms with Gasteiger partial charge in [0.1, 0.15) is 24.3 Å². The van der Waals surface area contributed by atoms with Crippen LogP contribution in [0.3, 0.4) is 0 Å². The number of benzene rings is 1. The van der Waals surface area contributed by atoms with Gasteiger partial charge in [-0.2, -0.15) is 0 Å². The Morgan fingerprint density at radius 3 is 2.19 bits per heavy atom. The molecule has 0 bridgehead atoms. The van der Waals surface area contributed by atoms with Crippen molar-refractivity contribution >= 4 is 18.0 Å². The van der Waals surface area contributed by atoms with Gasteiger partial charge in [0.25, 0.3) is 0 Å². The van der Waals surface area contributed by atoms with Gasteiger partial charge in [0.05, 0.1) is 7.11 Å². The van der Waals surface area contributed by atoms with E-state index in [0.717, 1.165) is 5.56 Å². The molecule has 0 aliphatic carbocycles. The normalized spacial score (nSPS) is 13.3. The fourth-order valence-corrected chi connectivity index (χ4v) is 2.82. The summed E-state index contributed by atoms with van der Waals surface area (Å²) in [5, 5.41) is 5.67. The molecule has 31 heavy (non-hydrogen) atoms. The SMILES string of the molecule is COC(=O)[C@@H](CCNC(=O)OCc1ccccc1)N[C@@H](CC(C)C)C(=O)OC(C)(C)C. The van der Waals surface area contributed by atoms with Crippen molar-refractivity contribution in [2.75, 3.05) is 13.7 Å². The minimum Gasteiger partial charge on any atom is -0.468 e. The van der Waals surface area contributed by atoms with Crippen molar-refractivity contribution in [1.82, 2.24) is 10.6 Å². The number of esters is 2. The highest BCUT2D eigenvalue weighted by Gasteiger charge is 2.30. The van der Waals surface area contributed by atoms with E-state index >= 15 is 0 Å². The molecule has 8 heteroatoms. The van der Waals surface area contributed by atoms with Crippen LogP contribution in [0.1, 0.15) is 53.0 Å². The Bertz CT molecular complexity index is 700. The van der Waals surface area contributed by atoms with Crippen molar-refractivity contribution in [3.05, 3.63) is 35.9 Å². The number of hydrogen-bond acceptors (Lipinski definition) is 7. The van der Waals surface area contributed by atoms with Crippen LogP contribution in [0.2, 0.25) is 0 Å². The smallest absolute Gasteiger partial charge is 0.407 e. The molecule has 2 atom stereocenters. The fraction of sp³-hybridized carbons (Fsp3) is 0.609. The third-order valence-electron chi connectivity index (χ3n) is 4.20. The zero-order valence-electron chi connectivity index (χ0n) is 19.4. The van der Waals surface area contributed by atoms with Gasteiger partial charge in [-0.3, -0.25) is 14.9 Å². The first kappa shape index (κ1) is 26.4. The Balaban J connectivity index is 2.63. The van der Waals surface area contributed by atoms with Crippen molar-refractivity contribution in [2.24, 2.45) is 5.92 Å². The molecule has 1 rings (SSSR count). The largest absolute Gasteiger partial charge is 0.468 e. The second-order valence-electron chi connectivity index (χ2n) is 8.74. The van der Waals surface area contributed by atoms with Crippen molar-refractivity contribution in [2.45, 2.75) is 71.8 Å². The molecular weight excluding hydrogens is 400 g/mol. The summed E-state index contributed by atoms with van der Waals surface area (Å²) in [6, 6.07) is 7.87. The quantitative estimate of drug-likeness (QED) is 0.406. The van der Waals surface area contributed by atoms with Gasteiger partial charge in [0.2, 0.25) is 0 Å². The number of alkyl carbamates (subject to hydrolysis) is 1. The van der Waals surface area contributed by atoms with E-state index in [1.54, 1.807) is 20.8 Å². The maximum atomic E-state index is 12.6. The lowest BCUT2D eigenvalue weighted by Gasteiger charge is -2.28. The van der Waals surface area contributed by atoms with Gasteiger partial charge in [-0.05, 0) is 45.1 Å². The Labute approximate surface area is 185 Å². The topological polar surface area (TPSA) is 103 Å². The van der Waals surface area contributed by atoms with Crippen molar-refractivity contribution in [1.29, 1.82) is 0 Å². The van der Waals surface area contributed by atoms with Crippen LogP contribution in [0, 0.1) is 5.92 Å². The first-order valence-electron chi connectivity index (χ1n) is 10.5. The van der Waals surface area contributed by atoms with E-state index in [9.17, 15) is 14.4 Å². The standard InChI is InChI=1S/C23H36N2O6/c1-16(2)14-19(21(27)31-23(3,4)5)25-18(20(26)29-6)12-13-24-22(28)30-15-17-10-8-7-9-11-17/h7-11,16,18-19,25H,12-15H2,1-6H3,(H,24,28)/t18-,19+/m1/s1. The summed E-state index contributed by atoms with van der Waals surface area (Å²) < 4.78 is 15.5. The summed E-state index contributed by atoms with van der Waals surface area (Å²) >= 11 is 0. The lowest BCUT2D eigenvalue weighted by molar-refractivity contribution is -0.158. The first-order chi connectivity index (χ1) is 14.5. The third kappa shape index (κ3) is 11.4. The summed E-state index contributed by atoms with van der Waals surface area (Å²) in [6.07, 6.45) is 0.137. The van der Waals surface area contributed by atoms with Crippen LogP contribution in [0.15, 0.2) is 30.3 Å². The number of methoxy groups -OCH3 is 1. The molecule has 0 aliphatic rings. The molecule has 1 aromatic carbocycles. The van der Waals surface area contributed by atoms with Gasteiger partial charge < -0.3 is 19.5 Å². The minimum atomic E-state index is -0.782. The molecule has 0 spiro atoms. The molecule has 0 aromatic heterocycles. The van der Waals surface area contributed by atoms with Gasteiger partial charge in [0, 0.05) is 6.54 Å². The Morgan fingerprint density at radius 2 is 1.65 bits per heavy atom. The molecule has 0 radical (unpaired) electrons. The second kappa shape index (κ2) is 12.9. The molecule has 0 heterocycles. The van der Waals surface area contributed by atoms with Crippen LogP contribution >= 0.6 is 0 Å².